The van der Waals surface area contributed by atoms with Gasteiger partial charge in [-0.1, -0.05) is 34.7 Å². The van der Waals surface area contributed by atoms with Gasteiger partial charge in [-0.05, 0) is 29.3 Å². The van der Waals surface area contributed by atoms with Crippen LogP contribution in [0.25, 0.3) is 0 Å². The first-order valence-corrected chi connectivity index (χ1v) is 6.06. The third-order valence-electron chi connectivity index (χ3n) is 2.00. The highest BCUT2D eigenvalue weighted by molar-refractivity contribution is 14.1. The molecule has 76 valence electrons. The molecule has 0 heterocycles. The van der Waals surface area contributed by atoms with Gasteiger partial charge in [-0.25, -0.2) is 0 Å². The minimum atomic E-state index is -0.366. The molecule has 3 nitrogen and oxygen atoms in total. The monoisotopic (exact) mass is 305 g/mol. The number of nitro groups is 1. The second-order valence-electron chi connectivity index (χ2n) is 3.07. The Morgan fingerprint density at radius 2 is 1.86 bits per heavy atom. The maximum absolute atomic E-state index is 10.4. The van der Waals surface area contributed by atoms with Gasteiger partial charge < -0.3 is 0 Å². The number of aryl methyl sites for hydroxylation is 1. The highest BCUT2D eigenvalue weighted by Gasteiger charge is 2.03. The lowest BCUT2D eigenvalue weighted by molar-refractivity contribution is -0.384. The molecule has 0 unspecified atom stereocenters. The highest BCUT2D eigenvalue weighted by atomic mass is 127. The summed E-state index contributed by atoms with van der Waals surface area (Å²) in [7, 11) is 0. The van der Waals surface area contributed by atoms with Crippen LogP contribution in [-0.4, -0.2) is 9.35 Å². The molecule has 0 aliphatic carbocycles. The molecule has 0 saturated heterocycles. The number of nitrogens with zero attached hydrogens (tertiary/aromatic N) is 1. The fourth-order valence-corrected chi connectivity index (χ4v) is 1.75. The van der Waals surface area contributed by atoms with E-state index in [0.29, 0.717) is 0 Å². The molecular weight excluding hydrogens is 293 g/mol. The van der Waals surface area contributed by atoms with E-state index < -0.39 is 0 Å². The molecule has 0 amide bonds. The Hall–Kier alpha value is -0.650. The second kappa shape index (κ2) is 5.95. The van der Waals surface area contributed by atoms with Crippen LogP contribution in [0.5, 0.6) is 0 Å². The molecule has 0 spiro atoms. The third kappa shape index (κ3) is 3.61. The zero-order valence-corrected chi connectivity index (χ0v) is 9.94. The van der Waals surface area contributed by atoms with Gasteiger partial charge >= 0.3 is 0 Å². The average molecular weight is 305 g/mol. The lowest BCUT2D eigenvalue weighted by Crippen LogP contribution is -1.89. The lowest BCUT2D eigenvalue weighted by Gasteiger charge is -1.99. The molecule has 0 saturated carbocycles. The van der Waals surface area contributed by atoms with Crippen molar-refractivity contribution in [3.05, 3.63) is 39.9 Å². The fraction of sp³-hybridized carbons (Fsp3) is 0.400. The maximum Gasteiger partial charge on any atom is 0.269 e. The predicted molar refractivity (Wildman–Crippen MR) is 64.9 cm³/mol. The van der Waals surface area contributed by atoms with Crippen LogP contribution in [0.3, 0.4) is 0 Å². The summed E-state index contributed by atoms with van der Waals surface area (Å²) in [6.45, 7) is 0. The van der Waals surface area contributed by atoms with Gasteiger partial charge in [0.05, 0.1) is 4.92 Å². The summed E-state index contributed by atoms with van der Waals surface area (Å²) < 4.78 is 1.17. The van der Waals surface area contributed by atoms with Gasteiger partial charge in [0.1, 0.15) is 0 Å². The van der Waals surface area contributed by atoms with Crippen LogP contribution < -0.4 is 0 Å². The zero-order chi connectivity index (χ0) is 10.4. The molecule has 0 radical (unpaired) electrons. The Bertz CT molecular complexity index is 297. The van der Waals surface area contributed by atoms with Crippen molar-refractivity contribution in [2.24, 2.45) is 0 Å². The normalized spacial score (nSPS) is 10.1. The van der Waals surface area contributed by atoms with Gasteiger partial charge in [0.25, 0.3) is 5.69 Å². The molecule has 0 aliphatic heterocycles. The first-order valence-electron chi connectivity index (χ1n) is 4.53. The van der Waals surface area contributed by atoms with Crippen LogP contribution in [0.15, 0.2) is 24.3 Å². The van der Waals surface area contributed by atoms with E-state index >= 15 is 0 Å². The van der Waals surface area contributed by atoms with Crippen molar-refractivity contribution in [2.75, 3.05) is 4.43 Å². The number of nitro benzene ring substituents is 1. The van der Waals surface area contributed by atoms with Crippen molar-refractivity contribution in [1.82, 2.24) is 0 Å². The summed E-state index contributed by atoms with van der Waals surface area (Å²) >= 11 is 2.35. The van der Waals surface area contributed by atoms with Crippen LogP contribution in [0, 0.1) is 10.1 Å². The van der Waals surface area contributed by atoms with Crippen molar-refractivity contribution >= 4 is 28.3 Å². The van der Waals surface area contributed by atoms with Gasteiger partial charge in [-0.3, -0.25) is 10.1 Å². The molecule has 14 heavy (non-hydrogen) atoms. The van der Waals surface area contributed by atoms with Crippen LogP contribution in [-0.2, 0) is 6.42 Å². The first-order chi connectivity index (χ1) is 6.74. The molecule has 1 aromatic rings. The van der Waals surface area contributed by atoms with E-state index in [-0.39, 0.29) is 10.6 Å². The fourth-order valence-electron chi connectivity index (χ4n) is 1.21. The van der Waals surface area contributed by atoms with Crippen molar-refractivity contribution in [1.29, 1.82) is 0 Å². The number of unbranched alkanes of at least 4 members (excludes halogenated alkanes) is 1. The number of hydrogen-bond donors (Lipinski definition) is 0. The number of alkyl halides is 1. The largest absolute Gasteiger partial charge is 0.269 e. The third-order valence-corrected chi connectivity index (χ3v) is 2.76. The van der Waals surface area contributed by atoms with E-state index in [1.165, 1.54) is 16.4 Å². The van der Waals surface area contributed by atoms with E-state index in [0.717, 1.165) is 12.8 Å². The Labute approximate surface area is 96.8 Å². The van der Waals surface area contributed by atoms with E-state index in [2.05, 4.69) is 22.6 Å². The Kier molecular flexibility index (Phi) is 4.86. The Balaban J connectivity index is 2.51. The second-order valence-corrected chi connectivity index (χ2v) is 4.15. The molecule has 0 fully saturated rings. The van der Waals surface area contributed by atoms with E-state index in [9.17, 15) is 10.1 Å². The molecule has 4 heteroatoms. The van der Waals surface area contributed by atoms with Crippen molar-refractivity contribution in [2.45, 2.75) is 19.3 Å². The van der Waals surface area contributed by atoms with Gasteiger partial charge in [0, 0.05) is 12.1 Å². The number of hydrogen-bond acceptors (Lipinski definition) is 2. The molecule has 0 N–H and O–H groups in total. The summed E-state index contributed by atoms with van der Waals surface area (Å²) in [5, 5.41) is 10.4. The number of halogens is 1. The van der Waals surface area contributed by atoms with Gasteiger partial charge in [0.15, 0.2) is 0 Å². The summed E-state index contributed by atoms with van der Waals surface area (Å²) in [4.78, 5) is 10.0. The molecule has 1 aromatic carbocycles. The molecular formula is C10H12INO2. The topological polar surface area (TPSA) is 43.1 Å². The molecule has 1 rings (SSSR count). The predicted octanol–water partition coefficient (Wildman–Crippen LogP) is 3.35. The standard InChI is InChI=1S/C10H12INO2/c11-8-2-1-3-9-4-6-10(7-5-9)12(13)14/h4-7H,1-3,8H2. The molecule has 0 aliphatic rings. The number of benzene rings is 1. The van der Waals surface area contributed by atoms with Crippen molar-refractivity contribution in [3.63, 3.8) is 0 Å². The van der Waals surface area contributed by atoms with E-state index in [4.69, 9.17) is 0 Å². The average Bonchev–Trinajstić information content (AvgIpc) is 2.19. The van der Waals surface area contributed by atoms with Gasteiger partial charge in [-0.2, -0.15) is 0 Å². The minimum Gasteiger partial charge on any atom is -0.258 e. The SMILES string of the molecule is O=[N+]([O-])c1ccc(CCCCI)cc1. The summed E-state index contributed by atoms with van der Waals surface area (Å²) in [5.74, 6) is 0. The van der Waals surface area contributed by atoms with Gasteiger partial charge in [-0.15, -0.1) is 0 Å². The van der Waals surface area contributed by atoms with E-state index in [1.54, 1.807) is 12.1 Å². The zero-order valence-electron chi connectivity index (χ0n) is 7.78. The first kappa shape index (κ1) is 11.4. The maximum atomic E-state index is 10.4. The summed E-state index contributed by atoms with van der Waals surface area (Å²) in [6, 6.07) is 6.81. The van der Waals surface area contributed by atoms with Crippen LogP contribution >= 0.6 is 22.6 Å². The van der Waals surface area contributed by atoms with Crippen LogP contribution in [0.1, 0.15) is 18.4 Å². The molecule has 0 aromatic heterocycles. The highest BCUT2D eigenvalue weighted by Crippen LogP contribution is 2.13. The minimum absolute atomic E-state index is 0.169. The molecule has 0 bridgehead atoms. The van der Waals surface area contributed by atoms with Gasteiger partial charge in [0.2, 0.25) is 0 Å². The van der Waals surface area contributed by atoms with E-state index in [1.807, 2.05) is 12.1 Å². The van der Waals surface area contributed by atoms with Crippen molar-refractivity contribution < 1.29 is 4.92 Å². The summed E-state index contributed by atoms with van der Waals surface area (Å²) in [5.41, 5.74) is 1.35. The lowest BCUT2D eigenvalue weighted by atomic mass is 10.1. The van der Waals surface area contributed by atoms with Crippen LogP contribution in [0.2, 0.25) is 0 Å². The molecule has 0 atom stereocenters. The summed E-state index contributed by atoms with van der Waals surface area (Å²) in [6.07, 6.45) is 3.37. The Morgan fingerprint density at radius 1 is 1.21 bits per heavy atom. The van der Waals surface area contributed by atoms with Crippen molar-refractivity contribution in [3.8, 4) is 0 Å². The van der Waals surface area contributed by atoms with Crippen LogP contribution in [0.4, 0.5) is 5.69 Å². The Morgan fingerprint density at radius 3 is 2.36 bits per heavy atom. The number of non-ortho nitro benzene ring substituents is 1. The smallest absolute Gasteiger partial charge is 0.258 e. The number of rotatable bonds is 5. The quantitative estimate of drug-likeness (QED) is 0.275.